The van der Waals surface area contributed by atoms with Crippen LogP contribution in [0.4, 0.5) is 0 Å². The van der Waals surface area contributed by atoms with E-state index in [2.05, 4.69) is 9.97 Å². The van der Waals surface area contributed by atoms with E-state index in [0.717, 1.165) is 33.5 Å². The number of methoxy groups -OCH3 is 1. The number of hydrogen-bond acceptors (Lipinski definition) is 5. The number of rotatable bonds is 1. The minimum Gasteiger partial charge on any atom is -0.469 e. The highest BCUT2D eigenvalue weighted by atomic mass is 35.5. The van der Waals surface area contributed by atoms with Gasteiger partial charge in [0.05, 0.1) is 18.4 Å². The van der Waals surface area contributed by atoms with Crippen molar-refractivity contribution in [2.75, 3.05) is 7.11 Å². The second-order valence-corrected chi connectivity index (χ2v) is 5.29. The van der Waals surface area contributed by atoms with E-state index < -0.39 is 0 Å². The van der Waals surface area contributed by atoms with Crippen LogP contribution < -0.4 is 0 Å². The maximum Gasteiger partial charge on any atom is 0.313 e. The van der Waals surface area contributed by atoms with Crippen LogP contribution in [0.3, 0.4) is 0 Å². The Labute approximate surface area is 107 Å². The zero-order valence-electron chi connectivity index (χ0n) is 9.07. The lowest BCUT2D eigenvalue weighted by atomic mass is 10.1. The molecule has 0 bridgehead atoms. The normalized spacial score (nSPS) is 18.4. The van der Waals surface area contributed by atoms with Crippen molar-refractivity contribution in [3.8, 4) is 0 Å². The molecule has 0 saturated carbocycles. The molecular weight excluding hydrogens is 260 g/mol. The van der Waals surface area contributed by atoms with Gasteiger partial charge < -0.3 is 4.74 Å². The van der Waals surface area contributed by atoms with Crippen molar-refractivity contribution in [2.45, 2.75) is 18.8 Å². The number of fused-ring (bicyclic) bond motifs is 3. The quantitative estimate of drug-likeness (QED) is 0.589. The summed E-state index contributed by atoms with van der Waals surface area (Å²) in [6.07, 6.45) is 3.07. The number of ether oxygens (including phenoxy) is 1. The third-order valence-electron chi connectivity index (χ3n) is 3.06. The van der Waals surface area contributed by atoms with Gasteiger partial charge in [0, 0.05) is 4.88 Å². The maximum atomic E-state index is 11.7. The van der Waals surface area contributed by atoms with E-state index in [-0.39, 0.29) is 11.9 Å². The van der Waals surface area contributed by atoms with Crippen LogP contribution in [0.15, 0.2) is 6.33 Å². The number of halogens is 1. The summed E-state index contributed by atoms with van der Waals surface area (Å²) in [4.78, 5) is 21.7. The van der Waals surface area contributed by atoms with Gasteiger partial charge in [-0.15, -0.1) is 11.3 Å². The van der Waals surface area contributed by atoms with Crippen LogP contribution in [0, 0.1) is 0 Å². The van der Waals surface area contributed by atoms with Gasteiger partial charge in [0.15, 0.2) is 0 Å². The second kappa shape index (κ2) is 3.92. The largest absolute Gasteiger partial charge is 0.469 e. The topological polar surface area (TPSA) is 52.1 Å². The van der Waals surface area contributed by atoms with E-state index >= 15 is 0 Å². The van der Waals surface area contributed by atoms with Crippen LogP contribution in [0.1, 0.15) is 22.8 Å². The first-order valence-corrected chi connectivity index (χ1v) is 6.41. The molecular formula is C11H9ClN2O2S. The van der Waals surface area contributed by atoms with Crippen molar-refractivity contribution in [3.63, 3.8) is 0 Å². The van der Waals surface area contributed by atoms with E-state index in [4.69, 9.17) is 16.3 Å². The Balaban J connectivity index is 2.20. The predicted octanol–water partition coefficient (Wildman–Crippen LogP) is 2.55. The van der Waals surface area contributed by atoms with Gasteiger partial charge in [0.1, 0.15) is 16.3 Å². The summed E-state index contributed by atoms with van der Waals surface area (Å²) < 4.78 is 4.82. The fourth-order valence-electron chi connectivity index (χ4n) is 2.29. The SMILES string of the molecule is COC(=O)C1CCc2c1sc1ncnc(Cl)c21. The molecule has 88 valence electrons. The van der Waals surface area contributed by atoms with Gasteiger partial charge in [-0.25, -0.2) is 9.97 Å². The zero-order chi connectivity index (χ0) is 12.0. The maximum absolute atomic E-state index is 11.7. The van der Waals surface area contributed by atoms with Gasteiger partial charge in [-0.1, -0.05) is 11.6 Å². The Morgan fingerprint density at radius 3 is 3.18 bits per heavy atom. The van der Waals surface area contributed by atoms with E-state index in [1.165, 1.54) is 24.8 Å². The summed E-state index contributed by atoms with van der Waals surface area (Å²) in [7, 11) is 1.42. The molecule has 2 heterocycles. The lowest BCUT2D eigenvalue weighted by molar-refractivity contribution is -0.142. The molecule has 17 heavy (non-hydrogen) atoms. The van der Waals surface area contributed by atoms with Gasteiger partial charge in [0.25, 0.3) is 0 Å². The molecule has 1 aliphatic carbocycles. The molecule has 0 N–H and O–H groups in total. The monoisotopic (exact) mass is 268 g/mol. The smallest absolute Gasteiger partial charge is 0.313 e. The summed E-state index contributed by atoms with van der Waals surface area (Å²) in [5.74, 6) is -0.343. The number of carbonyl (C=O) groups is 1. The highest BCUT2D eigenvalue weighted by Gasteiger charge is 2.33. The van der Waals surface area contributed by atoms with Gasteiger partial charge in [0.2, 0.25) is 0 Å². The molecule has 2 aromatic heterocycles. The Hall–Kier alpha value is -1.20. The van der Waals surface area contributed by atoms with E-state index in [1.54, 1.807) is 0 Å². The van der Waals surface area contributed by atoms with E-state index in [0.29, 0.717) is 5.15 Å². The van der Waals surface area contributed by atoms with Crippen LogP contribution in [0.5, 0.6) is 0 Å². The number of nitrogens with zero attached hydrogens (tertiary/aromatic N) is 2. The first-order chi connectivity index (χ1) is 8.22. The van der Waals surface area contributed by atoms with E-state index in [1.807, 2.05) is 0 Å². The van der Waals surface area contributed by atoms with Crippen LogP contribution in [0.25, 0.3) is 10.2 Å². The summed E-state index contributed by atoms with van der Waals surface area (Å²) in [6.45, 7) is 0. The molecule has 1 atom stereocenters. The molecule has 3 rings (SSSR count). The predicted molar refractivity (Wildman–Crippen MR) is 65.5 cm³/mol. The number of esters is 1. The molecule has 2 aromatic rings. The number of thiophene rings is 1. The first kappa shape index (κ1) is 10.9. The lowest BCUT2D eigenvalue weighted by Gasteiger charge is -2.05. The summed E-state index contributed by atoms with van der Waals surface area (Å²) >= 11 is 7.60. The van der Waals surface area contributed by atoms with Crippen molar-refractivity contribution < 1.29 is 9.53 Å². The van der Waals surface area contributed by atoms with E-state index in [9.17, 15) is 4.79 Å². The molecule has 1 aliphatic rings. The third kappa shape index (κ3) is 1.53. The van der Waals surface area contributed by atoms with Crippen molar-refractivity contribution in [2.24, 2.45) is 0 Å². The number of carbonyl (C=O) groups excluding carboxylic acids is 1. The van der Waals surface area contributed by atoms with Gasteiger partial charge in [-0.3, -0.25) is 4.79 Å². The van der Waals surface area contributed by atoms with Crippen LogP contribution in [0.2, 0.25) is 5.15 Å². The minimum atomic E-state index is -0.181. The number of aryl methyl sites for hydroxylation is 1. The lowest BCUT2D eigenvalue weighted by Crippen LogP contribution is -2.10. The first-order valence-electron chi connectivity index (χ1n) is 5.22. The van der Waals surface area contributed by atoms with Crippen LogP contribution >= 0.6 is 22.9 Å². The molecule has 0 amide bonds. The zero-order valence-corrected chi connectivity index (χ0v) is 10.6. The Kier molecular flexibility index (Phi) is 2.52. The summed E-state index contributed by atoms with van der Waals surface area (Å²) in [5, 5.41) is 1.37. The Bertz CT molecular complexity index is 611. The van der Waals surface area contributed by atoms with Crippen molar-refractivity contribution in [3.05, 3.63) is 21.9 Å². The molecule has 0 spiro atoms. The summed E-state index contributed by atoms with van der Waals surface area (Å²) in [5.41, 5.74) is 1.12. The fourth-order valence-corrected chi connectivity index (χ4v) is 3.90. The highest BCUT2D eigenvalue weighted by Crippen LogP contribution is 2.45. The molecule has 0 fully saturated rings. The number of hydrogen-bond donors (Lipinski definition) is 0. The average molecular weight is 269 g/mol. The van der Waals surface area contributed by atoms with Gasteiger partial charge >= 0.3 is 5.97 Å². The van der Waals surface area contributed by atoms with Gasteiger partial charge in [-0.05, 0) is 18.4 Å². The molecule has 1 unspecified atom stereocenters. The molecule has 0 saturated heterocycles. The van der Waals surface area contributed by atoms with Crippen molar-refractivity contribution >= 4 is 39.1 Å². The second-order valence-electron chi connectivity index (χ2n) is 3.90. The minimum absolute atomic E-state index is 0.162. The van der Waals surface area contributed by atoms with Crippen molar-refractivity contribution in [1.82, 2.24) is 9.97 Å². The Morgan fingerprint density at radius 2 is 2.41 bits per heavy atom. The fraction of sp³-hybridized carbons (Fsp3) is 0.364. The average Bonchev–Trinajstić information content (AvgIpc) is 2.86. The van der Waals surface area contributed by atoms with Crippen molar-refractivity contribution in [1.29, 1.82) is 0 Å². The highest BCUT2D eigenvalue weighted by molar-refractivity contribution is 7.19. The molecule has 0 aliphatic heterocycles. The molecule has 0 radical (unpaired) electrons. The standard InChI is InChI=1S/C11H9ClN2O2S/c1-16-11(15)6-3-2-5-7-9(12)13-4-14-10(7)17-8(5)6/h4,6H,2-3H2,1H3. The third-order valence-corrected chi connectivity index (χ3v) is 4.60. The van der Waals surface area contributed by atoms with Crippen LogP contribution in [-0.2, 0) is 16.0 Å². The molecule has 6 heteroatoms. The number of aromatic nitrogens is 2. The Morgan fingerprint density at radius 1 is 1.59 bits per heavy atom. The van der Waals surface area contributed by atoms with Crippen LogP contribution in [-0.4, -0.2) is 23.0 Å². The van der Waals surface area contributed by atoms with Gasteiger partial charge in [-0.2, -0.15) is 0 Å². The molecule has 4 nitrogen and oxygen atoms in total. The molecule has 0 aromatic carbocycles. The summed E-state index contributed by atoms with van der Waals surface area (Å²) in [6, 6.07) is 0.